The van der Waals surface area contributed by atoms with Gasteiger partial charge in [-0.05, 0) is 26.2 Å². The van der Waals surface area contributed by atoms with E-state index in [2.05, 4.69) is 10.6 Å². The van der Waals surface area contributed by atoms with E-state index in [1.807, 2.05) is 13.8 Å². The van der Waals surface area contributed by atoms with Crippen LogP contribution < -0.4 is 16.4 Å². The van der Waals surface area contributed by atoms with Gasteiger partial charge in [-0.3, -0.25) is 9.59 Å². The first-order chi connectivity index (χ1) is 9.43. The van der Waals surface area contributed by atoms with Crippen LogP contribution in [0.2, 0.25) is 0 Å². The van der Waals surface area contributed by atoms with Crippen molar-refractivity contribution in [3.05, 3.63) is 0 Å². The molecule has 1 saturated carbocycles. The Labute approximate surface area is 134 Å². The third-order valence-electron chi connectivity index (χ3n) is 4.24. The van der Waals surface area contributed by atoms with Crippen LogP contribution in [0.15, 0.2) is 0 Å². The third-order valence-corrected chi connectivity index (χ3v) is 4.24. The fourth-order valence-corrected chi connectivity index (χ4v) is 2.56. The van der Waals surface area contributed by atoms with Crippen molar-refractivity contribution >= 4 is 24.2 Å². The molecular formula is C15H30ClN3O2. The molecule has 1 rings (SSSR count). The first-order valence-corrected chi connectivity index (χ1v) is 7.79. The molecule has 0 aliphatic heterocycles. The summed E-state index contributed by atoms with van der Waals surface area (Å²) in [5.41, 5.74) is 5.05. The molecule has 0 spiro atoms. The van der Waals surface area contributed by atoms with Crippen LogP contribution in [-0.4, -0.2) is 29.9 Å². The Kier molecular flexibility index (Phi) is 8.90. The van der Waals surface area contributed by atoms with E-state index in [-0.39, 0.29) is 36.2 Å². The van der Waals surface area contributed by atoms with E-state index in [0.717, 1.165) is 38.5 Å². The third kappa shape index (κ3) is 5.47. The van der Waals surface area contributed by atoms with Gasteiger partial charge in [-0.1, -0.05) is 33.1 Å². The SMILES string of the molecule is CCCNC(=O)C1(NC(=O)C(C)C(C)N)CCCCC1.Cl. The molecule has 4 N–H and O–H groups in total. The van der Waals surface area contributed by atoms with Gasteiger partial charge in [-0.2, -0.15) is 0 Å². The van der Waals surface area contributed by atoms with Crippen molar-refractivity contribution in [2.75, 3.05) is 6.54 Å². The summed E-state index contributed by atoms with van der Waals surface area (Å²) in [5, 5.41) is 5.92. The van der Waals surface area contributed by atoms with Gasteiger partial charge < -0.3 is 16.4 Å². The fraction of sp³-hybridized carbons (Fsp3) is 0.867. The zero-order valence-corrected chi connectivity index (χ0v) is 14.2. The standard InChI is InChI=1S/C15H29N3O2.ClH/c1-4-10-17-14(20)15(8-6-5-7-9-15)18-13(19)11(2)12(3)16;/h11-12H,4-10,16H2,1-3H3,(H,17,20)(H,18,19);1H. The van der Waals surface area contributed by atoms with Gasteiger partial charge in [0.25, 0.3) is 0 Å². The van der Waals surface area contributed by atoms with E-state index in [4.69, 9.17) is 5.73 Å². The Balaban J connectivity index is 0.00000400. The van der Waals surface area contributed by atoms with Gasteiger partial charge in [0, 0.05) is 18.5 Å². The minimum absolute atomic E-state index is 0. The smallest absolute Gasteiger partial charge is 0.245 e. The van der Waals surface area contributed by atoms with Crippen molar-refractivity contribution in [3.8, 4) is 0 Å². The number of amides is 2. The number of rotatable bonds is 6. The molecule has 21 heavy (non-hydrogen) atoms. The largest absolute Gasteiger partial charge is 0.354 e. The molecule has 0 aromatic rings. The van der Waals surface area contributed by atoms with Gasteiger partial charge in [0.05, 0.1) is 0 Å². The van der Waals surface area contributed by atoms with E-state index in [1.165, 1.54) is 0 Å². The summed E-state index contributed by atoms with van der Waals surface area (Å²) >= 11 is 0. The molecular weight excluding hydrogens is 290 g/mol. The van der Waals surface area contributed by atoms with Crippen LogP contribution in [-0.2, 0) is 9.59 Å². The number of hydrogen-bond acceptors (Lipinski definition) is 3. The Morgan fingerprint density at radius 1 is 1.19 bits per heavy atom. The number of nitrogens with one attached hydrogen (secondary N) is 2. The highest BCUT2D eigenvalue weighted by atomic mass is 35.5. The second-order valence-corrected chi connectivity index (χ2v) is 6.04. The minimum Gasteiger partial charge on any atom is -0.354 e. The van der Waals surface area contributed by atoms with E-state index >= 15 is 0 Å². The predicted octanol–water partition coefficient (Wildman–Crippen LogP) is 1.74. The Hall–Kier alpha value is -0.810. The van der Waals surface area contributed by atoms with Crippen molar-refractivity contribution in [1.29, 1.82) is 0 Å². The first kappa shape index (κ1) is 20.2. The topological polar surface area (TPSA) is 84.2 Å². The maximum Gasteiger partial charge on any atom is 0.245 e. The van der Waals surface area contributed by atoms with Crippen LogP contribution >= 0.6 is 12.4 Å². The Morgan fingerprint density at radius 2 is 1.76 bits per heavy atom. The molecule has 6 heteroatoms. The molecule has 0 heterocycles. The van der Waals surface area contributed by atoms with Crippen LogP contribution in [0.4, 0.5) is 0 Å². The molecule has 0 aromatic carbocycles. The van der Waals surface area contributed by atoms with E-state index in [0.29, 0.717) is 6.54 Å². The second kappa shape index (κ2) is 9.26. The molecule has 0 saturated heterocycles. The van der Waals surface area contributed by atoms with E-state index < -0.39 is 5.54 Å². The lowest BCUT2D eigenvalue weighted by atomic mass is 9.80. The summed E-state index contributed by atoms with van der Waals surface area (Å²) in [6.45, 7) is 6.29. The maximum absolute atomic E-state index is 12.4. The van der Waals surface area contributed by atoms with Gasteiger partial charge >= 0.3 is 0 Å². The van der Waals surface area contributed by atoms with E-state index in [9.17, 15) is 9.59 Å². The van der Waals surface area contributed by atoms with E-state index in [1.54, 1.807) is 6.92 Å². The highest BCUT2D eigenvalue weighted by Gasteiger charge is 2.41. The highest BCUT2D eigenvalue weighted by molar-refractivity contribution is 5.92. The van der Waals surface area contributed by atoms with Gasteiger partial charge in [0.2, 0.25) is 11.8 Å². The lowest BCUT2D eigenvalue weighted by Gasteiger charge is -2.37. The average molecular weight is 320 g/mol. The lowest BCUT2D eigenvalue weighted by molar-refractivity contribution is -0.136. The van der Waals surface area contributed by atoms with Crippen molar-refractivity contribution in [2.24, 2.45) is 11.7 Å². The molecule has 5 nitrogen and oxygen atoms in total. The van der Waals surface area contributed by atoms with Crippen LogP contribution in [0.1, 0.15) is 59.3 Å². The summed E-state index contributed by atoms with van der Waals surface area (Å²) in [7, 11) is 0. The molecule has 2 amide bonds. The fourth-order valence-electron chi connectivity index (χ4n) is 2.56. The molecule has 1 aliphatic rings. The summed E-state index contributed by atoms with van der Waals surface area (Å²) < 4.78 is 0. The molecule has 1 aliphatic carbocycles. The number of hydrogen-bond donors (Lipinski definition) is 3. The van der Waals surface area contributed by atoms with Crippen LogP contribution in [0.3, 0.4) is 0 Å². The van der Waals surface area contributed by atoms with Crippen LogP contribution in [0.5, 0.6) is 0 Å². The number of halogens is 1. The van der Waals surface area contributed by atoms with Crippen molar-refractivity contribution in [2.45, 2.75) is 70.9 Å². The minimum atomic E-state index is -0.729. The summed E-state index contributed by atoms with van der Waals surface area (Å²) in [6, 6.07) is -0.214. The molecule has 124 valence electrons. The summed E-state index contributed by atoms with van der Waals surface area (Å²) in [5.74, 6) is -0.439. The zero-order chi connectivity index (χ0) is 15.2. The van der Waals surface area contributed by atoms with Crippen molar-refractivity contribution < 1.29 is 9.59 Å². The van der Waals surface area contributed by atoms with Crippen LogP contribution in [0.25, 0.3) is 0 Å². The van der Waals surface area contributed by atoms with Gasteiger partial charge in [0.15, 0.2) is 0 Å². The molecule has 2 atom stereocenters. The molecule has 0 bridgehead atoms. The normalized spacial score (nSPS) is 19.8. The van der Waals surface area contributed by atoms with Crippen LogP contribution in [0, 0.1) is 5.92 Å². The molecule has 1 fully saturated rings. The Bertz CT molecular complexity index is 342. The van der Waals surface area contributed by atoms with Gasteiger partial charge in [0.1, 0.15) is 5.54 Å². The molecule has 2 unspecified atom stereocenters. The zero-order valence-electron chi connectivity index (χ0n) is 13.4. The van der Waals surface area contributed by atoms with Gasteiger partial charge in [-0.25, -0.2) is 0 Å². The summed E-state index contributed by atoms with van der Waals surface area (Å²) in [6.07, 6.45) is 5.42. The van der Waals surface area contributed by atoms with Crippen molar-refractivity contribution in [1.82, 2.24) is 10.6 Å². The predicted molar refractivity (Wildman–Crippen MR) is 87.3 cm³/mol. The average Bonchev–Trinajstić information content (AvgIpc) is 2.44. The number of carbonyl (C=O) groups is 2. The second-order valence-electron chi connectivity index (χ2n) is 6.04. The number of carbonyl (C=O) groups excluding carboxylic acids is 2. The monoisotopic (exact) mass is 319 g/mol. The number of nitrogens with two attached hydrogens (primary N) is 1. The quantitative estimate of drug-likeness (QED) is 0.697. The lowest BCUT2D eigenvalue weighted by Crippen LogP contribution is -2.61. The first-order valence-electron chi connectivity index (χ1n) is 7.79. The Morgan fingerprint density at radius 3 is 2.24 bits per heavy atom. The highest BCUT2D eigenvalue weighted by Crippen LogP contribution is 2.29. The maximum atomic E-state index is 12.4. The summed E-state index contributed by atoms with van der Waals surface area (Å²) in [4.78, 5) is 24.7. The van der Waals surface area contributed by atoms with Gasteiger partial charge in [-0.15, -0.1) is 12.4 Å². The van der Waals surface area contributed by atoms with Crippen molar-refractivity contribution in [3.63, 3.8) is 0 Å². The molecule has 0 radical (unpaired) electrons. The molecule has 0 aromatic heterocycles.